The van der Waals surface area contributed by atoms with Crippen molar-refractivity contribution in [3.05, 3.63) is 60.2 Å². The summed E-state index contributed by atoms with van der Waals surface area (Å²) in [5.74, 6) is -1.76. The van der Waals surface area contributed by atoms with Gasteiger partial charge in [-0.2, -0.15) is 0 Å². The number of aliphatic carboxylic acids is 1. The third-order valence-electron chi connectivity index (χ3n) is 5.86. The van der Waals surface area contributed by atoms with Crippen LogP contribution in [0.2, 0.25) is 0 Å². The van der Waals surface area contributed by atoms with Gasteiger partial charge in [-0.1, -0.05) is 12.1 Å². The van der Waals surface area contributed by atoms with E-state index in [1.807, 2.05) is 55.1 Å². The van der Waals surface area contributed by atoms with Gasteiger partial charge < -0.3 is 10.0 Å². The molecule has 8 nitrogen and oxygen atoms in total. The number of ketones is 1. The van der Waals surface area contributed by atoms with Gasteiger partial charge >= 0.3 is 5.97 Å². The lowest BCUT2D eigenvalue weighted by Crippen LogP contribution is -2.63. The molecule has 0 aromatic carbocycles. The number of nitrogens with zero attached hydrogens (tertiary/aromatic N) is 4. The fourth-order valence-electron chi connectivity index (χ4n) is 4.45. The number of hydrogen-bond donors (Lipinski definition) is 1. The first kappa shape index (κ1) is 22.4. The maximum Gasteiger partial charge on any atom is 0.327 e. The number of thioether (sulfide) groups is 1. The number of Topliss-reactive ketones (excluding diaryl/α,β-unsaturated/α-hetero) is 1. The number of carbonyl (C=O) groups is 3. The Labute approximate surface area is 191 Å². The molecule has 2 fully saturated rings. The second-order valence-electron chi connectivity index (χ2n) is 8.73. The van der Waals surface area contributed by atoms with E-state index < -0.39 is 22.7 Å². The number of hydrogen-bond acceptors (Lipinski definition) is 7. The average molecular weight is 455 g/mol. The first-order valence-electron chi connectivity index (χ1n) is 10.5. The summed E-state index contributed by atoms with van der Waals surface area (Å²) in [4.78, 5) is 49.5. The SMILES string of the molecule is CC1(C)SC2[C@H](CC(=O)CN(Cc3ccccn3)Cc3ccccn3)C(=O)N2[C@H]1C(=O)O. The van der Waals surface area contributed by atoms with Crippen LogP contribution in [0, 0.1) is 5.92 Å². The fourth-order valence-corrected chi connectivity index (χ4v) is 6.13. The molecule has 0 aliphatic carbocycles. The van der Waals surface area contributed by atoms with E-state index in [-0.39, 0.29) is 30.0 Å². The summed E-state index contributed by atoms with van der Waals surface area (Å²) in [6.07, 6.45) is 3.54. The van der Waals surface area contributed by atoms with E-state index in [1.54, 1.807) is 12.4 Å². The Morgan fingerprint density at radius 3 is 2.19 bits per heavy atom. The summed E-state index contributed by atoms with van der Waals surface area (Å²) in [5.41, 5.74) is 1.69. The molecule has 1 amide bonds. The zero-order valence-electron chi connectivity index (χ0n) is 18.0. The molecule has 4 rings (SSSR count). The highest BCUT2D eigenvalue weighted by Crippen LogP contribution is 2.54. The molecular weight excluding hydrogens is 428 g/mol. The molecule has 32 heavy (non-hydrogen) atoms. The van der Waals surface area contributed by atoms with Crippen LogP contribution in [0.15, 0.2) is 48.8 Å². The first-order valence-corrected chi connectivity index (χ1v) is 11.4. The summed E-state index contributed by atoms with van der Waals surface area (Å²) in [7, 11) is 0. The summed E-state index contributed by atoms with van der Waals surface area (Å²) < 4.78 is -0.589. The van der Waals surface area contributed by atoms with Crippen LogP contribution >= 0.6 is 11.8 Å². The van der Waals surface area contributed by atoms with Crippen LogP contribution < -0.4 is 0 Å². The molecule has 168 valence electrons. The zero-order valence-corrected chi connectivity index (χ0v) is 18.9. The van der Waals surface area contributed by atoms with Crippen LogP contribution in [0.25, 0.3) is 0 Å². The van der Waals surface area contributed by atoms with Crippen molar-refractivity contribution in [1.29, 1.82) is 0 Å². The highest BCUT2D eigenvalue weighted by molar-refractivity contribution is 8.01. The van der Waals surface area contributed by atoms with Crippen LogP contribution in [0.4, 0.5) is 0 Å². The van der Waals surface area contributed by atoms with E-state index in [4.69, 9.17) is 0 Å². The van der Waals surface area contributed by atoms with Gasteiger partial charge in [-0.25, -0.2) is 4.79 Å². The van der Waals surface area contributed by atoms with Crippen molar-refractivity contribution in [2.45, 2.75) is 49.5 Å². The number of pyridine rings is 2. The number of carbonyl (C=O) groups excluding carboxylic acids is 2. The molecule has 0 saturated carbocycles. The van der Waals surface area contributed by atoms with Gasteiger partial charge in [-0.15, -0.1) is 11.8 Å². The number of rotatable bonds is 9. The lowest BCUT2D eigenvalue weighted by atomic mass is 9.88. The Hall–Kier alpha value is -2.78. The minimum Gasteiger partial charge on any atom is -0.480 e. The second-order valence-corrected chi connectivity index (χ2v) is 10.5. The molecule has 0 radical (unpaired) electrons. The van der Waals surface area contributed by atoms with Crippen LogP contribution in [0.3, 0.4) is 0 Å². The molecule has 4 heterocycles. The zero-order chi connectivity index (χ0) is 22.9. The predicted octanol–water partition coefficient (Wildman–Crippen LogP) is 2.20. The van der Waals surface area contributed by atoms with Crippen molar-refractivity contribution >= 4 is 29.4 Å². The van der Waals surface area contributed by atoms with Crippen LogP contribution in [0.1, 0.15) is 31.7 Å². The number of amides is 1. The molecule has 2 aliphatic heterocycles. The number of carboxylic acids is 1. The molecule has 3 atom stereocenters. The number of β-lactam (4-membered cyclic amide) rings is 1. The number of fused-ring (bicyclic) bond motifs is 1. The first-order chi connectivity index (χ1) is 15.3. The van der Waals surface area contributed by atoms with E-state index in [9.17, 15) is 19.5 Å². The molecule has 2 saturated heterocycles. The van der Waals surface area contributed by atoms with Gasteiger partial charge in [0, 0.05) is 36.7 Å². The lowest BCUT2D eigenvalue weighted by Gasteiger charge is -2.43. The van der Waals surface area contributed by atoms with Crippen molar-refractivity contribution in [2.24, 2.45) is 5.92 Å². The normalized spacial score (nSPS) is 23.7. The quantitative estimate of drug-likeness (QED) is 0.575. The van der Waals surface area contributed by atoms with E-state index in [0.717, 1.165) is 11.4 Å². The highest BCUT2D eigenvalue weighted by Gasteiger charge is 2.63. The maximum atomic E-state index is 13.0. The van der Waals surface area contributed by atoms with Crippen molar-refractivity contribution in [3.63, 3.8) is 0 Å². The van der Waals surface area contributed by atoms with Crippen LogP contribution in [-0.2, 0) is 27.5 Å². The van der Waals surface area contributed by atoms with Gasteiger partial charge in [0.1, 0.15) is 11.8 Å². The van der Waals surface area contributed by atoms with Crippen LogP contribution in [0.5, 0.6) is 0 Å². The predicted molar refractivity (Wildman–Crippen MR) is 119 cm³/mol. The molecule has 0 spiro atoms. The van der Waals surface area contributed by atoms with Gasteiger partial charge in [0.25, 0.3) is 0 Å². The fraction of sp³-hybridized carbons (Fsp3) is 0.435. The number of aromatic nitrogens is 2. The van der Waals surface area contributed by atoms with Gasteiger partial charge in [0.05, 0.1) is 29.2 Å². The summed E-state index contributed by atoms with van der Waals surface area (Å²) in [6.45, 7) is 4.81. The summed E-state index contributed by atoms with van der Waals surface area (Å²) in [5, 5.41) is 9.30. The smallest absolute Gasteiger partial charge is 0.327 e. The van der Waals surface area contributed by atoms with Gasteiger partial charge in [-0.3, -0.25) is 24.5 Å². The third kappa shape index (κ3) is 4.54. The topological polar surface area (TPSA) is 104 Å². The molecular formula is C23H26N4O4S. The van der Waals surface area contributed by atoms with E-state index in [2.05, 4.69) is 9.97 Å². The molecule has 1 unspecified atom stereocenters. The largest absolute Gasteiger partial charge is 0.480 e. The standard InChI is InChI=1S/C23H26N4O4S/c1-23(2)19(22(30)31)27-20(29)18(21(27)32-23)11-17(28)14-26(12-15-7-3-5-9-24-15)13-16-8-4-6-10-25-16/h3-10,18-19,21H,11-14H2,1-2H3,(H,30,31)/t18-,19+,21?/m1/s1. The molecule has 1 N–H and O–H groups in total. The Bertz CT molecular complexity index is 960. The van der Waals surface area contributed by atoms with Gasteiger partial charge in [0.2, 0.25) is 5.91 Å². The Kier molecular flexibility index (Phi) is 6.30. The summed E-state index contributed by atoms with van der Waals surface area (Å²) in [6, 6.07) is 10.5. The van der Waals surface area contributed by atoms with Crippen molar-refractivity contribution in [1.82, 2.24) is 19.8 Å². The third-order valence-corrected chi connectivity index (χ3v) is 7.48. The molecule has 2 aromatic rings. The van der Waals surface area contributed by atoms with E-state index in [0.29, 0.717) is 13.1 Å². The number of carboxylic acid groups (broad SMARTS) is 1. The minimum absolute atomic E-state index is 0.0490. The highest BCUT2D eigenvalue weighted by atomic mass is 32.2. The van der Waals surface area contributed by atoms with Crippen molar-refractivity contribution < 1.29 is 19.5 Å². The molecule has 0 bridgehead atoms. The Balaban J connectivity index is 1.42. The van der Waals surface area contributed by atoms with Crippen LogP contribution in [-0.4, -0.2) is 65.2 Å². The monoisotopic (exact) mass is 454 g/mol. The maximum absolute atomic E-state index is 13.0. The van der Waals surface area contributed by atoms with E-state index in [1.165, 1.54) is 16.7 Å². The molecule has 2 aliphatic rings. The minimum atomic E-state index is -1.000. The van der Waals surface area contributed by atoms with E-state index >= 15 is 0 Å². The van der Waals surface area contributed by atoms with Crippen molar-refractivity contribution in [3.8, 4) is 0 Å². The molecule has 2 aromatic heterocycles. The molecule has 9 heteroatoms. The van der Waals surface area contributed by atoms with Gasteiger partial charge in [-0.05, 0) is 38.1 Å². The van der Waals surface area contributed by atoms with Gasteiger partial charge in [0.15, 0.2) is 0 Å². The summed E-state index contributed by atoms with van der Waals surface area (Å²) >= 11 is 1.47. The Morgan fingerprint density at radius 1 is 1.09 bits per heavy atom. The average Bonchev–Trinajstić information content (AvgIpc) is 3.01. The lowest BCUT2D eigenvalue weighted by molar-refractivity contribution is -0.164. The Morgan fingerprint density at radius 2 is 1.69 bits per heavy atom. The second kappa shape index (κ2) is 8.99. The van der Waals surface area contributed by atoms with Crippen molar-refractivity contribution in [2.75, 3.05) is 6.54 Å².